The SMILES string of the molecule is COCC1(C(=O)O)CCN(C(=O)C2(c3ccccc3Cl)CCOCC2)C1. The number of likely N-dealkylation sites (tertiary alicyclic amines) is 1. The zero-order valence-corrected chi connectivity index (χ0v) is 15.6. The minimum Gasteiger partial charge on any atom is -0.481 e. The Morgan fingerprint density at radius 3 is 2.58 bits per heavy atom. The van der Waals surface area contributed by atoms with Crippen molar-refractivity contribution in [3.8, 4) is 0 Å². The van der Waals surface area contributed by atoms with E-state index in [0.717, 1.165) is 5.56 Å². The lowest BCUT2D eigenvalue weighted by Gasteiger charge is -2.39. The van der Waals surface area contributed by atoms with Crippen LogP contribution in [0.4, 0.5) is 0 Å². The first-order valence-corrected chi connectivity index (χ1v) is 9.17. The van der Waals surface area contributed by atoms with Gasteiger partial charge in [-0.3, -0.25) is 9.59 Å². The number of benzene rings is 1. The second-order valence-corrected chi connectivity index (χ2v) is 7.58. The number of aliphatic carboxylic acids is 1. The standard InChI is InChI=1S/C19H24ClNO5/c1-25-13-18(17(23)24)6-9-21(12-18)16(22)19(7-10-26-11-8-19)14-4-2-3-5-15(14)20/h2-5H,6-13H2,1H3,(H,23,24). The molecular formula is C19H24ClNO5. The van der Waals surface area contributed by atoms with Crippen LogP contribution in [0.25, 0.3) is 0 Å². The first-order valence-electron chi connectivity index (χ1n) is 8.80. The monoisotopic (exact) mass is 381 g/mol. The number of carbonyl (C=O) groups excluding carboxylic acids is 1. The fourth-order valence-electron chi connectivity index (χ4n) is 4.15. The summed E-state index contributed by atoms with van der Waals surface area (Å²) in [5.41, 5.74) is -1.01. The van der Waals surface area contributed by atoms with Gasteiger partial charge in [0, 0.05) is 38.4 Å². The average Bonchev–Trinajstić information content (AvgIpc) is 3.08. The van der Waals surface area contributed by atoms with Gasteiger partial charge < -0.3 is 19.5 Å². The Morgan fingerprint density at radius 2 is 1.96 bits per heavy atom. The summed E-state index contributed by atoms with van der Waals surface area (Å²) in [5.74, 6) is -0.985. The van der Waals surface area contributed by atoms with Crippen LogP contribution < -0.4 is 0 Å². The third-order valence-electron chi connectivity index (χ3n) is 5.66. The molecule has 1 unspecified atom stereocenters. The van der Waals surface area contributed by atoms with Crippen molar-refractivity contribution in [3.63, 3.8) is 0 Å². The van der Waals surface area contributed by atoms with Crippen molar-refractivity contribution in [2.45, 2.75) is 24.7 Å². The number of hydrogen-bond donors (Lipinski definition) is 1. The summed E-state index contributed by atoms with van der Waals surface area (Å²) in [7, 11) is 1.48. The van der Waals surface area contributed by atoms with E-state index >= 15 is 0 Å². The number of carboxylic acid groups (broad SMARTS) is 1. The molecule has 1 atom stereocenters. The zero-order valence-electron chi connectivity index (χ0n) is 14.9. The summed E-state index contributed by atoms with van der Waals surface area (Å²) in [6.45, 7) is 1.61. The highest BCUT2D eigenvalue weighted by molar-refractivity contribution is 6.31. The van der Waals surface area contributed by atoms with Gasteiger partial charge in [0.1, 0.15) is 5.41 Å². The van der Waals surface area contributed by atoms with E-state index in [1.54, 1.807) is 11.0 Å². The van der Waals surface area contributed by atoms with E-state index in [4.69, 9.17) is 21.1 Å². The maximum Gasteiger partial charge on any atom is 0.313 e. The Bertz CT molecular complexity index is 688. The van der Waals surface area contributed by atoms with E-state index in [2.05, 4.69) is 0 Å². The molecule has 2 aliphatic heterocycles. The Kier molecular flexibility index (Phi) is 5.55. The highest BCUT2D eigenvalue weighted by Gasteiger charge is 2.51. The predicted octanol–water partition coefficient (Wildman–Crippen LogP) is 2.34. The Labute approximate surface area is 158 Å². The number of amides is 1. The van der Waals surface area contributed by atoms with Gasteiger partial charge >= 0.3 is 5.97 Å². The molecule has 1 aromatic carbocycles. The summed E-state index contributed by atoms with van der Waals surface area (Å²) < 4.78 is 10.6. The number of methoxy groups -OCH3 is 1. The molecule has 1 aromatic rings. The topological polar surface area (TPSA) is 76.1 Å². The number of hydrogen-bond acceptors (Lipinski definition) is 4. The maximum atomic E-state index is 13.6. The molecule has 2 fully saturated rings. The van der Waals surface area contributed by atoms with E-state index in [0.29, 0.717) is 44.0 Å². The van der Waals surface area contributed by atoms with Crippen molar-refractivity contribution in [1.29, 1.82) is 0 Å². The Hall–Kier alpha value is -1.63. The molecule has 0 spiro atoms. The van der Waals surface area contributed by atoms with Gasteiger partial charge in [-0.25, -0.2) is 0 Å². The minimum atomic E-state index is -1.04. The molecule has 0 saturated carbocycles. The lowest BCUT2D eigenvalue weighted by molar-refractivity contribution is -0.152. The van der Waals surface area contributed by atoms with Crippen molar-refractivity contribution in [1.82, 2.24) is 4.90 Å². The van der Waals surface area contributed by atoms with Gasteiger partial charge in [-0.2, -0.15) is 0 Å². The van der Waals surface area contributed by atoms with Crippen molar-refractivity contribution < 1.29 is 24.2 Å². The van der Waals surface area contributed by atoms with Gasteiger partial charge in [0.05, 0.1) is 12.0 Å². The Morgan fingerprint density at radius 1 is 1.27 bits per heavy atom. The number of carbonyl (C=O) groups is 2. The molecule has 7 heteroatoms. The fourth-order valence-corrected chi connectivity index (χ4v) is 4.46. The molecule has 2 heterocycles. The summed E-state index contributed by atoms with van der Waals surface area (Å²) in [5, 5.41) is 10.2. The number of carboxylic acids is 1. The minimum absolute atomic E-state index is 0.0619. The molecule has 1 amide bonds. The van der Waals surface area contributed by atoms with E-state index in [1.807, 2.05) is 18.2 Å². The highest BCUT2D eigenvalue weighted by atomic mass is 35.5. The molecule has 0 bridgehead atoms. The van der Waals surface area contributed by atoms with Crippen LogP contribution >= 0.6 is 11.6 Å². The molecule has 3 rings (SSSR count). The van der Waals surface area contributed by atoms with E-state index in [9.17, 15) is 14.7 Å². The molecule has 2 aliphatic rings. The van der Waals surface area contributed by atoms with Crippen LogP contribution in [0.5, 0.6) is 0 Å². The molecule has 26 heavy (non-hydrogen) atoms. The number of rotatable bonds is 5. The lowest BCUT2D eigenvalue weighted by Crippen LogP contribution is -2.50. The molecule has 1 N–H and O–H groups in total. The molecule has 142 valence electrons. The molecule has 6 nitrogen and oxygen atoms in total. The van der Waals surface area contributed by atoms with Gasteiger partial charge in [-0.15, -0.1) is 0 Å². The number of ether oxygens (including phenoxy) is 2. The van der Waals surface area contributed by atoms with Crippen LogP contribution in [0.15, 0.2) is 24.3 Å². The number of halogens is 1. The first-order chi connectivity index (χ1) is 12.4. The zero-order chi connectivity index (χ0) is 18.8. The van der Waals surface area contributed by atoms with Crippen molar-refractivity contribution >= 4 is 23.5 Å². The molecule has 0 radical (unpaired) electrons. The van der Waals surface area contributed by atoms with Gasteiger partial charge in [-0.05, 0) is 30.9 Å². The third kappa shape index (κ3) is 3.21. The van der Waals surface area contributed by atoms with Gasteiger partial charge in [0.15, 0.2) is 0 Å². The molecule has 0 aliphatic carbocycles. The van der Waals surface area contributed by atoms with Crippen LogP contribution in [0.3, 0.4) is 0 Å². The van der Waals surface area contributed by atoms with Crippen molar-refractivity contribution in [2.75, 3.05) is 40.0 Å². The van der Waals surface area contributed by atoms with Crippen LogP contribution in [0.2, 0.25) is 5.02 Å². The number of nitrogens with zero attached hydrogens (tertiary/aromatic N) is 1. The average molecular weight is 382 g/mol. The Balaban J connectivity index is 1.93. The van der Waals surface area contributed by atoms with Crippen LogP contribution in [-0.2, 0) is 24.5 Å². The fraction of sp³-hybridized carbons (Fsp3) is 0.579. The molecule has 0 aromatic heterocycles. The van der Waals surface area contributed by atoms with Crippen LogP contribution in [0, 0.1) is 5.41 Å². The normalized spacial score (nSPS) is 25.2. The molecule has 2 saturated heterocycles. The first kappa shape index (κ1) is 19.1. The summed E-state index contributed by atoms with van der Waals surface area (Å²) >= 11 is 6.43. The second-order valence-electron chi connectivity index (χ2n) is 7.17. The van der Waals surface area contributed by atoms with E-state index in [-0.39, 0.29) is 19.1 Å². The summed E-state index contributed by atoms with van der Waals surface area (Å²) in [6.07, 6.45) is 1.46. The largest absolute Gasteiger partial charge is 0.481 e. The lowest BCUT2D eigenvalue weighted by atomic mass is 9.73. The predicted molar refractivity (Wildman–Crippen MR) is 96.3 cm³/mol. The molecular weight excluding hydrogens is 358 g/mol. The summed E-state index contributed by atoms with van der Waals surface area (Å²) in [6, 6.07) is 7.40. The van der Waals surface area contributed by atoms with E-state index < -0.39 is 16.8 Å². The van der Waals surface area contributed by atoms with Crippen molar-refractivity contribution in [2.24, 2.45) is 5.41 Å². The van der Waals surface area contributed by atoms with Gasteiger partial charge in [-0.1, -0.05) is 29.8 Å². The second kappa shape index (κ2) is 7.55. The quantitative estimate of drug-likeness (QED) is 0.847. The maximum absolute atomic E-state index is 13.6. The van der Waals surface area contributed by atoms with Crippen molar-refractivity contribution in [3.05, 3.63) is 34.9 Å². The van der Waals surface area contributed by atoms with Crippen LogP contribution in [0.1, 0.15) is 24.8 Å². The van der Waals surface area contributed by atoms with Crippen LogP contribution in [-0.4, -0.2) is 61.9 Å². The highest BCUT2D eigenvalue weighted by Crippen LogP contribution is 2.42. The summed E-state index contributed by atoms with van der Waals surface area (Å²) in [4.78, 5) is 27.0. The van der Waals surface area contributed by atoms with E-state index in [1.165, 1.54) is 7.11 Å². The third-order valence-corrected chi connectivity index (χ3v) is 5.99. The van der Waals surface area contributed by atoms with Gasteiger partial charge in [0.2, 0.25) is 5.91 Å². The van der Waals surface area contributed by atoms with Gasteiger partial charge in [0.25, 0.3) is 0 Å². The smallest absolute Gasteiger partial charge is 0.313 e.